The first-order valence-electron chi connectivity index (χ1n) is 23.8. The summed E-state index contributed by atoms with van der Waals surface area (Å²) in [6.07, 6.45) is 8.41. The molecule has 2 saturated heterocycles. The number of carbonyl (C=O) groups is 6. The minimum atomic E-state index is -1.06. The van der Waals surface area contributed by atoms with E-state index in [9.17, 15) is 28.8 Å². The van der Waals surface area contributed by atoms with Crippen molar-refractivity contribution in [3.63, 3.8) is 0 Å². The Labute approximate surface area is 388 Å². The fourth-order valence-corrected chi connectivity index (χ4v) is 9.98. The SMILES string of the molecule is CN[C@@H](C)C(=O)N[C@@H](Cc1cn([C@H]2C[C@@H](C(=O)N[C@@H]3CCCc4ccccc43)N(C(=O)[C@@H](NC(=O)[C@H](C)NC)C(C)(C)C)C2)nn1)C(=O)N1CCC[C@H]1C(=O)N[C@@H]1CCCc2ccccc21. The van der Waals surface area contributed by atoms with Crippen LogP contribution in [-0.2, 0) is 48.0 Å². The number of nitrogens with zero attached hydrogens (tertiary/aromatic N) is 5. The van der Waals surface area contributed by atoms with Gasteiger partial charge in [-0.25, -0.2) is 4.68 Å². The Kier molecular flexibility index (Phi) is 15.3. The molecule has 17 heteroatoms. The van der Waals surface area contributed by atoms with Crippen LogP contribution in [-0.4, -0.2) is 124 Å². The summed E-state index contributed by atoms with van der Waals surface area (Å²) in [6, 6.07) is 10.7. The fraction of sp³-hybridized carbons (Fsp3) is 0.592. The lowest BCUT2D eigenvalue weighted by Crippen LogP contribution is -2.59. The average Bonchev–Trinajstić information content (AvgIpc) is 4.10. The summed E-state index contributed by atoms with van der Waals surface area (Å²) in [6.45, 7) is 9.53. The van der Waals surface area contributed by atoms with E-state index in [1.54, 1.807) is 48.6 Å². The smallest absolute Gasteiger partial charge is 0.246 e. The summed E-state index contributed by atoms with van der Waals surface area (Å²) >= 11 is 0. The number of aromatic nitrogens is 3. The molecule has 0 saturated carbocycles. The first kappa shape index (κ1) is 48.3. The van der Waals surface area contributed by atoms with E-state index in [0.717, 1.165) is 49.7 Å². The molecule has 0 radical (unpaired) electrons. The zero-order chi connectivity index (χ0) is 47.3. The van der Waals surface area contributed by atoms with Crippen LogP contribution in [0, 0.1) is 5.41 Å². The Morgan fingerprint density at radius 3 is 1.85 bits per heavy atom. The van der Waals surface area contributed by atoms with E-state index >= 15 is 0 Å². The van der Waals surface area contributed by atoms with Crippen molar-refractivity contribution >= 4 is 35.4 Å². The van der Waals surface area contributed by atoms with Gasteiger partial charge in [0.25, 0.3) is 0 Å². The highest BCUT2D eigenvalue weighted by molar-refractivity contribution is 5.95. The topological polar surface area (TPSA) is 212 Å². The van der Waals surface area contributed by atoms with E-state index in [1.165, 1.54) is 11.1 Å². The van der Waals surface area contributed by atoms with Crippen molar-refractivity contribution in [3.8, 4) is 0 Å². The van der Waals surface area contributed by atoms with Gasteiger partial charge >= 0.3 is 0 Å². The molecule has 7 rings (SSSR count). The van der Waals surface area contributed by atoms with Gasteiger partial charge in [0, 0.05) is 32.1 Å². The highest BCUT2D eigenvalue weighted by atomic mass is 16.2. The van der Waals surface area contributed by atoms with Gasteiger partial charge < -0.3 is 41.7 Å². The minimum Gasteiger partial charge on any atom is -0.347 e. The van der Waals surface area contributed by atoms with Crippen LogP contribution in [0.2, 0.25) is 0 Å². The summed E-state index contributed by atoms with van der Waals surface area (Å²) in [5.74, 6) is -1.98. The lowest BCUT2D eigenvalue weighted by molar-refractivity contribution is -0.144. The summed E-state index contributed by atoms with van der Waals surface area (Å²) < 4.78 is 1.63. The van der Waals surface area contributed by atoms with E-state index in [0.29, 0.717) is 25.1 Å². The normalized spacial score (nSPS) is 23.4. The first-order valence-corrected chi connectivity index (χ1v) is 23.8. The second-order valence-electron chi connectivity index (χ2n) is 19.7. The van der Waals surface area contributed by atoms with E-state index in [1.807, 2.05) is 51.1 Å². The van der Waals surface area contributed by atoms with Crippen molar-refractivity contribution in [2.24, 2.45) is 5.41 Å². The molecule has 66 heavy (non-hydrogen) atoms. The van der Waals surface area contributed by atoms with Gasteiger partial charge in [-0.1, -0.05) is 74.5 Å². The quantitative estimate of drug-likeness (QED) is 0.131. The van der Waals surface area contributed by atoms with Crippen LogP contribution in [0.1, 0.15) is 126 Å². The molecule has 2 aliphatic carbocycles. The molecule has 356 valence electrons. The summed E-state index contributed by atoms with van der Waals surface area (Å²) in [5.41, 5.74) is 4.31. The molecule has 0 bridgehead atoms. The lowest BCUT2D eigenvalue weighted by atomic mass is 9.85. The number of nitrogens with one attached hydrogen (secondary N) is 6. The summed E-state index contributed by atoms with van der Waals surface area (Å²) in [5, 5.41) is 27.2. The van der Waals surface area contributed by atoms with Crippen LogP contribution in [0.5, 0.6) is 0 Å². The van der Waals surface area contributed by atoms with Gasteiger partial charge in [-0.3, -0.25) is 28.8 Å². The second-order valence-corrected chi connectivity index (χ2v) is 19.7. The van der Waals surface area contributed by atoms with Crippen molar-refractivity contribution in [2.45, 2.75) is 153 Å². The zero-order valence-corrected chi connectivity index (χ0v) is 39.6. The number of hydrogen-bond donors (Lipinski definition) is 6. The number of benzene rings is 2. The number of likely N-dealkylation sites (N-methyl/N-ethyl adjacent to an activating group) is 2. The number of hydrogen-bond acceptors (Lipinski definition) is 10. The number of carbonyl (C=O) groups excluding carboxylic acids is 6. The molecule has 9 atom stereocenters. The fourth-order valence-electron chi connectivity index (χ4n) is 9.98. The largest absolute Gasteiger partial charge is 0.347 e. The van der Waals surface area contributed by atoms with Crippen LogP contribution in [0.4, 0.5) is 0 Å². The van der Waals surface area contributed by atoms with E-state index in [2.05, 4.69) is 60.4 Å². The van der Waals surface area contributed by atoms with Crippen molar-refractivity contribution < 1.29 is 28.8 Å². The van der Waals surface area contributed by atoms with Crippen LogP contribution in [0.3, 0.4) is 0 Å². The average molecular weight is 908 g/mol. The van der Waals surface area contributed by atoms with E-state index in [4.69, 9.17) is 0 Å². The zero-order valence-electron chi connectivity index (χ0n) is 39.6. The second kappa shape index (κ2) is 20.9. The monoisotopic (exact) mass is 908 g/mol. The number of rotatable bonds is 15. The summed E-state index contributed by atoms with van der Waals surface area (Å²) in [4.78, 5) is 87.5. The van der Waals surface area contributed by atoms with Crippen molar-refractivity contribution in [1.29, 1.82) is 0 Å². The van der Waals surface area contributed by atoms with Gasteiger partial charge in [0.1, 0.15) is 24.2 Å². The molecule has 4 aliphatic rings. The highest BCUT2D eigenvalue weighted by Gasteiger charge is 2.47. The standard InChI is InChI=1S/C49H69N11O6/c1-29(50-6)43(61)54-39(47(65)58-24-14-23-40(58)45(63)52-37-21-12-17-31-15-8-10-19-35(31)37)25-33-27-60(57-56-33)34-26-41(46(64)53-38-22-13-18-32-16-9-11-20-36(32)38)59(28-34)48(66)42(49(3,4)5)55-44(62)30(2)51-7/h8-11,15-16,19-20,27,29-30,34,37-42,50-51H,12-14,17-18,21-26,28H2,1-7H3,(H,52,63)(H,53,64)(H,54,61)(H,55,62)/t29-,30-,34-,37+,38+,39-,40-,41-,42+/m0/s1. The first-order chi connectivity index (χ1) is 31.6. The third-order valence-corrected chi connectivity index (χ3v) is 14.1. The molecule has 0 unspecified atom stereocenters. The molecular weight excluding hydrogens is 839 g/mol. The third-order valence-electron chi connectivity index (χ3n) is 14.1. The van der Waals surface area contributed by atoms with Crippen LogP contribution >= 0.6 is 0 Å². The maximum atomic E-state index is 14.7. The van der Waals surface area contributed by atoms with Gasteiger partial charge in [0.2, 0.25) is 35.4 Å². The number of aryl methyl sites for hydroxylation is 2. The predicted molar refractivity (Wildman–Crippen MR) is 249 cm³/mol. The molecule has 0 spiro atoms. The molecule has 3 heterocycles. The Bertz CT molecular complexity index is 2260. The van der Waals surface area contributed by atoms with Crippen molar-refractivity contribution in [1.82, 2.24) is 56.7 Å². The number of amides is 6. The Morgan fingerprint density at radius 2 is 1.27 bits per heavy atom. The number of likely N-dealkylation sites (tertiary alicyclic amines) is 2. The van der Waals surface area contributed by atoms with Gasteiger partial charge in [-0.15, -0.1) is 5.10 Å². The molecule has 3 aromatic rings. The van der Waals surface area contributed by atoms with Gasteiger partial charge in [0.05, 0.1) is 35.9 Å². The molecule has 17 nitrogen and oxygen atoms in total. The van der Waals surface area contributed by atoms with Gasteiger partial charge in [-0.2, -0.15) is 0 Å². The lowest BCUT2D eigenvalue weighted by Gasteiger charge is -2.36. The Hall–Kier alpha value is -5.68. The van der Waals surface area contributed by atoms with Crippen molar-refractivity contribution in [3.05, 3.63) is 82.7 Å². The summed E-state index contributed by atoms with van der Waals surface area (Å²) in [7, 11) is 3.34. The minimum absolute atomic E-state index is 0.00993. The molecule has 2 aliphatic heterocycles. The Morgan fingerprint density at radius 1 is 0.712 bits per heavy atom. The van der Waals surface area contributed by atoms with E-state index in [-0.39, 0.29) is 66.9 Å². The number of fused-ring (bicyclic) bond motifs is 2. The Balaban J connectivity index is 1.12. The van der Waals surface area contributed by atoms with Crippen LogP contribution in [0.15, 0.2) is 54.7 Å². The van der Waals surface area contributed by atoms with Crippen molar-refractivity contribution in [2.75, 3.05) is 27.2 Å². The van der Waals surface area contributed by atoms with Gasteiger partial charge in [0.15, 0.2) is 0 Å². The molecular formula is C49H69N11O6. The van der Waals surface area contributed by atoms with Gasteiger partial charge in [-0.05, 0) is 107 Å². The predicted octanol–water partition coefficient (Wildman–Crippen LogP) is 2.57. The van der Waals surface area contributed by atoms with E-state index < -0.39 is 47.7 Å². The maximum absolute atomic E-state index is 14.7. The highest BCUT2D eigenvalue weighted by Crippen LogP contribution is 2.35. The maximum Gasteiger partial charge on any atom is 0.246 e. The molecule has 6 N–H and O–H groups in total. The molecule has 2 fully saturated rings. The molecule has 1 aromatic heterocycles. The molecule has 2 aromatic carbocycles. The van der Waals surface area contributed by atoms with Crippen LogP contribution in [0.25, 0.3) is 0 Å². The van der Waals surface area contributed by atoms with Crippen LogP contribution < -0.4 is 31.9 Å². The molecule has 6 amide bonds. The third kappa shape index (κ3) is 10.8.